The van der Waals surface area contributed by atoms with Gasteiger partial charge in [-0.25, -0.2) is 4.98 Å². The molecule has 0 aliphatic heterocycles. The van der Waals surface area contributed by atoms with Crippen molar-refractivity contribution in [3.05, 3.63) is 71.4 Å². The number of ether oxygens (including phenoxy) is 1. The summed E-state index contributed by atoms with van der Waals surface area (Å²) in [7, 11) is 1.65. The van der Waals surface area contributed by atoms with Gasteiger partial charge in [-0.05, 0) is 55.5 Å². The number of thioether (sulfide) groups is 1. The van der Waals surface area contributed by atoms with Gasteiger partial charge in [0.25, 0.3) is 0 Å². The Morgan fingerprint density at radius 1 is 1.09 bits per heavy atom. The summed E-state index contributed by atoms with van der Waals surface area (Å²) in [6, 6.07) is 18.5. The van der Waals surface area contributed by atoms with Crippen molar-refractivity contribution in [2.24, 2.45) is 0 Å². The van der Waals surface area contributed by atoms with Crippen molar-refractivity contribution in [3.63, 3.8) is 0 Å². The molecule has 1 N–H and O–H groups in total. The molecule has 0 aliphatic rings. The largest absolute Gasteiger partial charge is 0.496 e. The number of carbonyl (C=O) groups is 1. The molecule has 0 saturated heterocycles. The number of nitrogens with one attached hydrogen (secondary N) is 1. The van der Waals surface area contributed by atoms with E-state index in [1.807, 2.05) is 43.3 Å². The van der Waals surface area contributed by atoms with Crippen molar-refractivity contribution < 1.29 is 9.53 Å². The van der Waals surface area contributed by atoms with Gasteiger partial charge in [0.2, 0.25) is 5.91 Å². The number of hydrogen-bond acceptors (Lipinski definition) is 7. The fourth-order valence-electron chi connectivity index (χ4n) is 2.96. The molecule has 2 aromatic carbocycles. The van der Waals surface area contributed by atoms with Gasteiger partial charge in [-0.3, -0.25) is 4.79 Å². The van der Waals surface area contributed by atoms with Crippen LogP contribution >= 0.6 is 34.7 Å². The average molecular weight is 483 g/mol. The molecule has 0 unspecified atom stereocenters. The third-order valence-electron chi connectivity index (χ3n) is 4.49. The molecule has 0 saturated carbocycles. The summed E-state index contributed by atoms with van der Waals surface area (Å²) in [5, 5.41) is 13.6. The second-order valence-electron chi connectivity index (χ2n) is 6.73. The van der Waals surface area contributed by atoms with E-state index in [2.05, 4.69) is 15.5 Å². The van der Waals surface area contributed by atoms with E-state index in [0.717, 1.165) is 32.6 Å². The number of nitrogens with zero attached hydrogens (tertiary/aromatic N) is 3. The summed E-state index contributed by atoms with van der Waals surface area (Å²) in [5.41, 5.74) is 3.28. The predicted molar refractivity (Wildman–Crippen MR) is 131 cm³/mol. The monoisotopic (exact) mass is 482 g/mol. The minimum atomic E-state index is -0.122. The van der Waals surface area contributed by atoms with Crippen molar-refractivity contribution in [1.82, 2.24) is 15.2 Å². The molecular formula is C23H19ClN4O2S2. The smallest absolute Gasteiger partial charge is 0.234 e. The zero-order chi connectivity index (χ0) is 22.5. The average Bonchev–Trinajstić information content (AvgIpc) is 3.21. The van der Waals surface area contributed by atoms with Gasteiger partial charge in [0.15, 0.2) is 0 Å². The zero-order valence-electron chi connectivity index (χ0n) is 17.3. The number of hydrogen-bond donors (Lipinski definition) is 1. The van der Waals surface area contributed by atoms with Crippen LogP contribution in [0.25, 0.3) is 21.1 Å². The minimum Gasteiger partial charge on any atom is -0.496 e. The minimum absolute atomic E-state index is 0.122. The number of para-hydroxylation sites is 1. The van der Waals surface area contributed by atoms with Crippen LogP contribution in [0, 0.1) is 6.92 Å². The summed E-state index contributed by atoms with van der Waals surface area (Å²) in [4.78, 5) is 17.8. The van der Waals surface area contributed by atoms with Gasteiger partial charge in [0, 0.05) is 10.7 Å². The van der Waals surface area contributed by atoms with E-state index in [1.165, 1.54) is 11.8 Å². The second-order valence-corrected chi connectivity index (χ2v) is 9.17. The van der Waals surface area contributed by atoms with Crippen molar-refractivity contribution in [2.75, 3.05) is 18.2 Å². The van der Waals surface area contributed by atoms with E-state index in [0.29, 0.717) is 15.7 Å². The lowest BCUT2D eigenvalue weighted by Crippen LogP contribution is -2.14. The van der Waals surface area contributed by atoms with Crippen LogP contribution in [0.2, 0.25) is 5.02 Å². The lowest BCUT2D eigenvalue weighted by atomic mass is 10.2. The highest BCUT2D eigenvalue weighted by atomic mass is 35.5. The topological polar surface area (TPSA) is 77.0 Å². The summed E-state index contributed by atoms with van der Waals surface area (Å²) in [6.45, 7) is 1.95. The van der Waals surface area contributed by atoms with Gasteiger partial charge in [-0.15, -0.1) is 21.5 Å². The molecule has 0 atom stereocenters. The molecule has 4 aromatic rings. The molecule has 6 nitrogen and oxygen atoms in total. The predicted octanol–water partition coefficient (Wildman–Crippen LogP) is 5.97. The molecule has 0 aliphatic carbocycles. The van der Waals surface area contributed by atoms with E-state index >= 15 is 0 Å². The molecule has 0 fully saturated rings. The highest BCUT2D eigenvalue weighted by Crippen LogP contribution is 2.38. The first-order chi connectivity index (χ1) is 15.5. The van der Waals surface area contributed by atoms with Gasteiger partial charge in [-0.1, -0.05) is 35.5 Å². The van der Waals surface area contributed by atoms with E-state index in [1.54, 1.807) is 42.7 Å². The third kappa shape index (κ3) is 5.27. The van der Waals surface area contributed by atoms with Gasteiger partial charge >= 0.3 is 0 Å². The maximum atomic E-state index is 12.2. The maximum Gasteiger partial charge on any atom is 0.234 e. The normalized spacial score (nSPS) is 10.7. The summed E-state index contributed by atoms with van der Waals surface area (Å²) in [6.07, 6.45) is 0. The molecule has 9 heteroatoms. The Balaban J connectivity index is 1.42. The standard InChI is InChI=1S/C23H19ClN4O2S2/c1-14-22(32-23(25-14)17-5-3-4-6-19(17)30-2)18-11-12-21(28-27-18)31-13-20(29)26-16-9-7-15(24)8-10-16/h3-12H,13H2,1-2H3,(H,26,29). The number of aryl methyl sites for hydroxylation is 1. The van der Waals surface area contributed by atoms with E-state index in [9.17, 15) is 4.79 Å². The van der Waals surface area contributed by atoms with Crippen LogP contribution in [0.5, 0.6) is 5.75 Å². The lowest BCUT2D eigenvalue weighted by Gasteiger charge is -2.05. The van der Waals surface area contributed by atoms with Gasteiger partial charge in [0.1, 0.15) is 21.5 Å². The van der Waals surface area contributed by atoms with Gasteiger partial charge < -0.3 is 10.1 Å². The van der Waals surface area contributed by atoms with Gasteiger partial charge in [0.05, 0.1) is 29.0 Å². The molecular weight excluding hydrogens is 464 g/mol. The van der Waals surface area contributed by atoms with Crippen LogP contribution in [0.15, 0.2) is 65.7 Å². The Labute approximate surface area is 199 Å². The van der Waals surface area contributed by atoms with Crippen LogP contribution in [0.4, 0.5) is 5.69 Å². The lowest BCUT2D eigenvalue weighted by molar-refractivity contribution is -0.113. The first-order valence-corrected chi connectivity index (χ1v) is 11.8. The Morgan fingerprint density at radius 3 is 2.59 bits per heavy atom. The van der Waals surface area contributed by atoms with E-state index in [-0.39, 0.29) is 11.7 Å². The van der Waals surface area contributed by atoms with Crippen molar-refractivity contribution in [3.8, 4) is 26.9 Å². The second kappa shape index (κ2) is 10.1. The summed E-state index contributed by atoms with van der Waals surface area (Å²) in [5.74, 6) is 0.888. The number of halogens is 1. The van der Waals surface area contributed by atoms with Crippen LogP contribution in [0.3, 0.4) is 0 Å². The fraction of sp³-hybridized carbons (Fsp3) is 0.130. The highest BCUT2D eigenvalue weighted by Gasteiger charge is 2.16. The van der Waals surface area contributed by atoms with E-state index < -0.39 is 0 Å². The van der Waals surface area contributed by atoms with Crippen LogP contribution < -0.4 is 10.1 Å². The molecule has 0 bridgehead atoms. The first kappa shape index (κ1) is 22.3. The maximum absolute atomic E-state index is 12.2. The number of carbonyl (C=O) groups excluding carboxylic acids is 1. The van der Waals surface area contributed by atoms with Gasteiger partial charge in [-0.2, -0.15) is 0 Å². The summed E-state index contributed by atoms with van der Waals surface area (Å²) < 4.78 is 5.46. The number of rotatable bonds is 7. The number of methoxy groups -OCH3 is 1. The van der Waals surface area contributed by atoms with Crippen molar-refractivity contribution in [1.29, 1.82) is 0 Å². The Bertz CT molecular complexity index is 1230. The number of aromatic nitrogens is 3. The molecule has 1 amide bonds. The Hall–Kier alpha value is -2.94. The molecule has 0 spiro atoms. The van der Waals surface area contributed by atoms with Crippen LogP contribution in [-0.4, -0.2) is 34.0 Å². The third-order valence-corrected chi connectivity index (χ3v) is 6.87. The number of anilines is 1. The molecule has 0 radical (unpaired) electrons. The fourth-order valence-corrected chi connectivity index (χ4v) is 4.76. The number of benzene rings is 2. The van der Waals surface area contributed by atoms with Crippen LogP contribution in [-0.2, 0) is 4.79 Å². The zero-order valence-corrected chi connectivity index (χ0v) is 19.7. The molecule has 32 heavy (non-hydrogen) atoms. The van der Waals surface area contributed by atoms with Crippen LogP contribution in [0.1, 0.15) is 5.69 Å². The van der Waals surface area contributed by atoms with Crippen molar-refractivity contribution in [2.45, 2.75) is 11.9 Å². The number of amides is 1. The highest BCUT2D eigenvalue weighted by molar-refractivity contribution is 7.99. The number of thiazole rings is 1. The SMILES string of the molecule is COc1ccccc1-c1nc(C)c(-c2ccc(SCC(=O)Nc3ccc(Cl)cc3)nn2)s1. The Kier molecular flexibility index (Phi) is 7.04. The Morgan fingerprint density at radius 2 is 1.88 bits per heavy atom. The molecule has 4 rings (SSSR count). The molecule has 162 valence electrons. The van der Waals surface area contributed by atoms with E-state index in [4.69, 9.17) is 21.3 Å². The van der Waals surface area contributed by atoms with Crippen molar-refractivity contribution >= 4 is 46.3 Å². The first-order valence-electron chi connectivity index (χ1n) is 9.66. The quantitative estimate of drug-likeness (QED) is 0.327. The molecule has 2 aromatic heterocycles. The molecule has 2 heterocycles. The summed E-state index contributed by atoms with van der Waals surface area (Å²) >= 11 is 8.73.